The topological polar surface area (TPSA) is 197 Å². The van der Waals surface area contributed by atoms with E-state index in [0.717, 1.165) is 6.92 Å². The van der Waals surface area contributed by atoms with Gasteiger partial charge in [0.2, 0.25) is 0 Å². The molecule has 2 aromatic rings. The van der Waals surface area contributed by atoms with Crippen molar-refractivity contribution in [1.29, 1.82) is 0 Å². The van der Waals surface area contributed by atoms with Crippen molar-refractivity contribution in [2.75, 3.05) is 20.7 Å². The van der Waals surface area contributed by atoms with Crippen LogP contribution in [0, 0.1) is 33.8 Å². The van der Waals surface area contributed by atoms with Gasteiger partial charge < -0.3 is 34.3 Å². The molecule has 324 valence electrons. The van der Waals surface area contributed by atoms with Gasteiger partial charge in [-0.25, -0.2) is 14.0 Å². The number of esters is 1. The molecule has 2 aliphatic heterocycles. The number of carbonyl (C=O) groups excluding carboxylic acids is 4. The summed E-state index contributed by atoms with van der Waals surface area (Å²) in [6, 6.07) is 4.82. The van der Waals surface area contributed by atoms with Gasteiger partial charge in [-0.1, -0.05) is 46.8 Å². The highest BCUT2D eigenvalue weighted by atomic mass is 19.1. The van der Waals surface area contributed by atoms with Gasteiger partial charge in [0.05, 0.1) is 47.0 Å². The number of nitro benzene ring substituents is 1. The van der Waals surface area contributed by atoms with Gasteiger partial charge in [0, 0.05) is 47.5 Å². The molecule has 59 heavy (non-hydrogen) atoms. The number of nitro groups is 1. The standard InChI is InChI=1S/C43H59FN4O11/c1-11-33-43(8)36(46-40(53)59-43)25(4)34(49)24(3)21-41(6,56-16-12-13-27-19-28-20-29(48(54)55)14-15-30(28)45-22-27)38(26(5)37(51)42(7,44)39(52)58-33)57-32-18-23(2)17-31(35(32)50)47(9)10/h12-15,19-20,22-26,31-33,35-36,38,50H,11,16-18,21H2,1-10H3,(H,46,53)/b13-12+/t23-,24-,25+,26+,31+,32-,33-,35-,36-,38-,41+,42?,43-/m1/s1. The highest BCUT2D eigenvalue weighted by molar-refractivity contribution is 6.08. The number of nitrogens with one attached hydrogen (secondary N) is 1. The van der Waals surface area contributed by atoms with Gasteiger partial charge in [0.1, 0.15) is 11.9 Å². The molecule has 1 aliphatic carbocycles. The molecule has 0 radical (unpaired) electrons. The molecule has 15 nitrogen and oxygen atoms in total. The number of halogens is 1. The van der Waals surface area contributed by atoms with Crippen molar-refractivity contribution in [2.24, 2.45) is 23.7 Å². The average molecular weight is 827 g/mol. The molecule has 2 saturated heterocycles. The number of carbonyl (C=O) groups is 4. The van der Waals surface area contributed by atoms with E-state index in [4.69, 9.17) is 18.9 Å². The third kappa shape index (κ3) is 9.35. The number of ketones is 2. The molecule has 1 aromatic carbocycles. The van der Waals surface area contributed by atoms with Crippen molar-refractivity contribution in [2.45, 2.75) is 134 Å². The van der Waals surface area contributed by atoms with Gasteiger partial charge in [0.25, 0.3) is 11.4 Å². The number of aromatic nitrogens is 1. The second kappa shape index (κ2) is 17.7. The maximum absolute atomic E-state index is 16.9. The van der Waals surface area contributed by atoms with Gasteiger partial charge in [-0.15, -0.1) is 0 Å². The Morgan fingerprint density at radius 3 is 2.42 bits per heavy atom. The van der Waals surface area contributed by atoms with Crippen LogP contribution in [-0.4, -0.2) is 118 Å². The summed E-state index contributed by atoms with van der Waals surface area (Å²) in [5.41, 5.74) is -5.22. The fraction of sp³-hybridized carbons (Fsp3) is 0.651. The molecule has 1 saturated carbocycles. The van der Waals surface area contributed by atoms with Crippen molar-refractivity contribution in [3.63, 3.8) is 0 Å². The second-order valence-electron chi connectivity index (χ2n) is 17.6. The van der Waals surface area contributed by atoms with E-state index in [9.17, 15) is 34.4 Å². The number of aliphatic hydroxyl groups is 1. The third-order valence-electron chi connectivity index (χ3n) is 12.7. The molecule has 0 spiro atoms. The van der Waals surface area contributed by atoms with Gasteiger partial charge >= 0.3 is 12.1 Å². The first-order valence-electron chi connectivity index (χ1n) is 20.4. The van der Waals surface area contributed by atoms with E-state index in [1.54, 1.807) is 58.2 Å². The fourth-order valence-electron chi connectivity index (χ4n) is 9.37. The Morgan fingerprint density at radius 2 is 1.78 bits per heavy atom. The first kappa shape index (κ1) is 45.7. The van der Waals surface area contributed by atoms with E-state index >= 15 is 4.39 Å². The Kier molecular flexibility index (Phi) is 13.7. The van der Waals surface area contributed by atoms with Crippen LogP contribution in [0.1, 0.15) is 86.6 Å². The van der Waals surface area contributed by atoms with Gasteiger partial charge in [-0.05, 0) is 84.2 Å². The predicted molar refractivity (Wildman–Crippen MR) is 216 cm³/mol. The van der Waals surface area contributed by atoms with Crippen molar-refractivity contribution >= 4 is 46.3 Å². The minimum absolute atomic E-state index is 0.0497. The lowest BCUT2D eigenvalue weighted by atomic mass is 9.73. The predicted octanol–water partition coefficient (Wildman–Crippen LogP) is 5.77. The van der Waals surface area contributed by atoms with Crippen molar-refractivity contribution in [3.8, 4) is 0 Å². The zero-order valence-electron chi connectivity index (χ0n) is 35.6. The summed E-state index contributed by atoms with van der Waals surface area (Å²) in [4.78, 5) is 72.6. The van der Waals surface area contributed by atoms with Crippen molar-refractivity contribution in [1.82, 2.24) is 15.2 Å². The number of non-ortho nitro benzene ring substituents is 1. The summed E-state index contributed by atoms with van der Waals surface area (Å²) >= 11 is 0. The molecule has 2 N–H and O–H groups in total. The number of alkyl carbamates (subject to hydrolysis) is 1. The van der Waals surface area contributed by atoms with Gasteiger partial charge in [-0.2, -0.15) is 0 Å². The molecule has 3 aliphatic rings. The number of cyclic esters (lactones) is 1. The van der Waals surface area contributed by atoms with Crippen LogP contribution in [-0.2, 0) is 33.3 Å². The average Bonchev–Trinajstić information content (AvgIpc) is 3.50. The van der Waals surface area contributed by atoms with Crippen molar-refractivity contribution in [3.05, 3.63) is 52.2 Å². The summed E-state index contributed by atoms with van der Waals surface area (Å²) < 4.78 is 41.8. The van der Waals surface area contributed by atoms with Crippen LogP contribution in [0.2, 0.25) is 0 Å². The van der Waals surface area contributed by atoms with E-state index in [2.05, 4.69) is 10.3 Å². The highest BCUT2D eigenvalue weighted by Gasteiger charge is 2.59. The number of likely N-dealkylation sites (N-methyl/N-ethyl adjacent to an activating group) is 1. The number of alkyl halides is 1. The van der Waals surface area contributed by atoms with Crippen molar-refractivity contribution < 1.29 is 52.5 Å². The SMILES string of the molecule is CC[C@H]1OC(=O)C(C)(F)C(=O)[C@H](C)[C@@H](O[C@@H]2C[C@H](C)C[C@H](N(C)C)[C@H]2O)[C@@](C)(OC/C=C/c2cnc3ccc([N+](=O)[O-])cc3c2)C[C@@H](C)C(=O)[C@H](C)[C@H]2NC(=O)O[C@@]21C. The Bertz CT molecular complexity index is 1960. The largest absolute Gasteiger partial charge is 0.455 e. The molecule has 16 heteroatoms. The number of aliphatic hydroxyl groups excluding tert-OH is 1. The molecule has 1 unspecified atom stereocenters. The zero-order valence-corrected chi connectivity index (χ0v) is 35.6. The molecule has 3 fully saturated rings. The van der Waals surface area contributed by atoms with E-state index in [-0.39, 0.29) is 42.9 Å². The van der Waals surface area contributed by atoms with Gasteiger partial charge in [0.15, 0.2) is 11.4 Å². The quantitative estimate of drug-likeness (QED) is 0.134. The summed E-state index contributed by atoms with van der Waals surface area (Å²) in [6.07, 6.45) is 0.889. The molecule has 0 bridgehead atoms. The number of pyridine rings is 1. The second-order valence-corrected chi connectivity index (χ2v) is 17.6. The number of ether oxygens (including phenoxy) is 4. The zero-order chi connectivity index (χ0) is 43.8. The number of hydrogen-bond donors (Lipinski definition) is 2. The van der Waals surface area contributed by atoms with Crippen LogP contribution in [0.25, 0.3) is 17.0 Å². The molecular weight excluding hydrogens is 767 g/mol. The summed E-state index contributed by atoms with van der Waals surface area (Å²) in [6.45, 7) is 12.4. The van der Waals surface area contributed by atoms with E-state index in [1.807, 2.05) is 25.9 Å². The van der Waals surface area contributed by atoms with E-state index < -0.39 is 87.9 Å². The highest BCUT2D eigenvalue weighted by Crippen LogP contribution is 2.42. The maximum Gasteiger partial charge on any atom is 0.408 e. The number of amides is 1. The van der Waals surface area contributed by atoms with Crippen LogP contribution in [0.5, 0.6) is 0 Å². The number of fused-ring (bicyclic) bond motifs is 2. The Morgan fingerprint density at radius 1 is 1.08 bits per heavy atom. The number of rotatable bonds is 9. The Hall–Kier alpha value is -4.38. The molecule has 5 rings (SSSR count). The first-order chi connectivity index (χ1) is 27.5. The molecule has 13 atom stereocenters. The Labute approximate surface area is 344 Å². The fourth-order valence-corrected chi connectivity index (χ4v) is 9.37. The number of benzene rings is 1. The Balaban J connectivity index is 1.58. The maximum atomic E-state index is 16.9. The lowest BCUT2D eigenvalue weighted by molar-refractivity contribution is -0.384. The first-order valence-corrected chi connectivity index (χ1v) is 20.4. The third-order valence-corrected chi connectivity index (χ3v) is 12.7. The van der Waals surface area contributed by atoms with Crippen LogP contribution < -0.4 is 5.32 Å². The molecular formula is C43H59FN4O11. The monoisotopic (exact) mass is 826 g/mol. The summed E-state index contributed by atoms with van der Waals surface area (Å²) in [5.74, 6) is -5.87. The molecule has 1 aromatic heterocycles. The number of nitrogens with zero attached hydrogens (tertiary/aromatic N) is 3. The van der Waals surface area contributed by atoms with Crippen LogP contribution in [0.15, 0.2) is 36.5 Å². The van der Waals surface area contributed by atoms with Gasteiger partial charge in [-0.3, -0.25) is 24.7 Å². The lowest BCUT2D eigenvalue weighted by Crippen LogP contribution is -2.61. The minimum Gasteiger partial charge on any atom is -0.455 e. The van der Waals surface area contributed by atoms with E-state index in [0.29, 0.717) is 29.3 Å². The minimum atomic E-state index is -3.20. The summed E-state index contributed by atoms with van der Waals surface area (Å²) in [7, 11) is 3.70. The number of hydrogen-bond acceptors (Lipinski definition) is 13. The molecule has 1 amide bonds. The van der Waals surface area contributed by atoms with Crippen LogP contribution >= 0.6 is 0 Å². The molecule has 3 heterocycles. The lowest BCUT2D eigenvalue weighted by Gasteiger charge is -2.47. The van der Waals surface area contributed by atoms with Crippen LogP contribution in [0.3, 0.4) is 0 Å². The normalized spacial score (nSPS) is 37.5. The number of Topliss-reactive ketones (excluding diaryl/α,β-unsaturated/α-hetero) is 2. The van der Waals surface area contributed by atoms with Crippen LogP contribution in [0.4, 0.5) is 14.9 Å². The van der Waals surface area contributed by atoms with E-state index in [1.165, 1.54) is 26.0 Å². The summed E-state index contributed by atoms with van der Waals surface area (Å²) in [5, 5.41) is 26.3. The smallest absolute Gasteiger partial charge is 0.408 e.